The molecule has 0 saturated carbocycles. The van der Waals surface area contributed by atoms with E-state index in [-0.39, 0.29) is 0 Å². The van der Waals surface area contributed by atoms with E-state index in [1.165, 1.54) is 0 Å². The second kappa shape index (κ2) is 1.70. The quantitative estimate of drug-likeness (QED) is 0.549. The summed E-state index contributed by atoms with van der Waals surface area (Å²) in [6.07, 6.45) is 3.34. The SMILES string of the molecule is C=Nn1ccc2conc21. The third kappa shape index (κ3) is 0.500. The first-order chi connectivity index (χ1) is 4.92. The summed E-state index contributed by atoms with van der Waals surface area (Å²) in [4.78, 5) is 0. The monoisotopic (exact) mass is 135 g/mol. The fourth-order valence-corrected chi connectivity index (χ4v) is 0.862. The van der Waals surface area contributed by atoms with Crippen molar-refractivity contribution < 1.29 is 4.52 Å². The molecule has 0 radical (unpaired) electrons. The zero-order valence-electron chi connectivity index (χ0n) is 5.19. The molecule has 0 fully saturated rings. The van der Waals surface area contributed by atoms with Crippen LogP contribution < -0.4 is 0 Å². The van der Waals surface area contributed by atoms with Crippen molar-refractivity contribution in [2.45, 2.75) is 0 Å². The lowest BCUT2D eigenvalue weighted by molar-refractivity contribution is 0.424. The third-order valence-corrected chi connectivity index (χ3v) is 1.34. The van der Waals surface area contributed by atoms with Gasteiger partial charge in [-0.15, -0.1) is 0 Å². The van der Waals surface area contributed by atoms with Gasteiger partial charge in [0.1, 0.15) is 6.26 Å². The summed E-state index contributed by atoms with van der Waals surface area (Å²) in [7, 11) is 0. The second-order valence-corrected chi connectivity index (χ2v) is 1.90. The summed E-state index contributed by atoms with van der Waals surface area (Å²) >= 11 is 0. The lowest BCUT2D eigenvalue weighted by Gasteiger charge is -1.85. The van der Waals surface area contributed by atoms with Gasteiger partial charge in [-0.1, -0.05) is 5.16 Å². The van der Waals surface area contributed by atoms with E-state index in [9.17, 15) is 0 Å². The number of fused-ring (bicyclic) bond motifs is 1. The minimum Gasteiger partial charge on any atom is -0.362 e. The first kappa shape index (κ1) is 5.22. The number of hydrogen-bond donors (Lipinski definition) is 0. The van der Waals surface area contributed by atoms with Crippen LogP contribution in [0.4, 0.5) is 0 Å². The van der Waals surface area contributed by atoms with E-state index in [1.54, 1.807) is 17.1 Å². The smallest absolute Gasteiger partial charge is 0.203 e. The highest BCUT2D eigenvalue weighted by molar-refractivity contribution is 5.74. The summed E-state index contributed by atoms with van der Waals surface area (Å²) in [5, 5.41) is 8.32. The van der Waals surface area contributed by atoms with Gasteiger partial charge in [0.05, 0.1) is 5.39 Å². The molecule has 2 rings (SSSR count). The maximum Gasteiger partial charge on any atom is 0.203 e. The van der Waals surface area contributed by atoms with E-state index < -0.39 is 0 Å². The zero-order valence-corrected chi connectivity index (χ0v) is 5.19. The zero-order chi connectivity index (χ0) is 6.97. The maximum atomic E-state index is 4.69. The predicted octanol–water partition coefficient (Wildman–Crippen LogP) is 1.09. The van der Waals surface area contributed by atoms with E-state index in [1.807, 2.05) is 6.07 Å². The van der Waals surface area contributed by atoms with Gasteiger partial charge < -0.3 is 4.52 Å². The van der Waals surface area contributed by atoms with Crippen LogP contribution in [-0.2, 0) is 0 Å². The molecule has 0 aliphatic rings. The molecule has 4 heteroatoms. The lowest BCUT2D eigenvalue weighted by Crippen LogP contribution is -1.82. The fraction of sp³-hybridized carbons (Fsp3) is 0. The molecule has 50 valence electrons. The molecule has 0 aliphatic carbocycles. The van der Waals surface area contributed by atoms with Crippen molar-refractivity contribution >= 4 is 17.8 Å². The van der Waals surface area contributed by atoms with Gasteiger partial charge in [0, 0.05) is 12.9 Å². The molecular formula is C6H5N3O. The van der Waals surface area contributed by atoms with Crippen LogP contribution in [0.25, 0.3) is 11.0 Å². The molecule has 0 N–H and O–H groups in total. The van der Waals surface area contributed by atoms with Crippen LogP contribution in [0.1, 0.15) is 0 Å². The van der Waals surface area contributed by atoms with Gasteiger partial charge in [0.15, 0.2) is 0 Å². The topological polar surface area (TPSA) is 43.3 Å². The summed E-state index contributed by atoms with van der Waals surface area (Å²) in [6.45, 7) is 3.36. The average molecular weight is 135 g/mol. The van der Waals surface area contributed by atoms with Gasteiger partial charge in [-0.2, -0.15) is 5.10 Å². The molecule has 0 saturated heterocycles. The van der Waals surface area contributed by atoms with E-state index >= 15 is 0 Å². The van der Waals surface area contributed by atoms with Crippen LogP contribution in [0, 0.1) is 0 Å². The van der Waals surface area contributed by atoms with Crippen molar-refractivity contribution in [1.82, 2.24) is 9.83 Å². The van der Waals surface area contributed by atoms with Crippen LogP contribution in [0.2, 0.25) is 0 Å². The van der Waals surface area contributed by atoms with Gasteiger partial charge in [-0.05, 0) is 6.07 Å². The van der Waals surface area contributed by atoms with Gasteiger partial charge in [-0.3, -0.25) is 0 Å². The summed E-state index contributed by atoms with van der Waals surface area (Å²) in [5.74, 6) is 0. The maximum absolute atomic E-state index is 4.69. The first-order valence-electron chi connectivity index (χ1n) is 2.80. The second-order valence-electron chi connectivity index (χ2n) is 1.90. The Kier molecular flexibility index (Phi) is 0.887. The normalized spacial score (nSPS) is 10.4. The summed E-state index contributed by atoms with van der Waals surface area (Å²) in [5.41, 5.74) is 0.704. The van der Waals surface area contributed by atoms with Crippen LogP contribution >= 0.6 is 0 Å². The standard InChI is InChI=1S/C6H5N3O/c1-7-9-3-2-5-4-10-8-6(5)9/h2-4H,1H2. The predicted molar refractivity (Wildman–Crippen MR) is 36.9 cm³/mol. The Hall–Kier alpha value is -1.58. The van der Waals surface area contributed by atoms with Crippen LogP contribution in [-0.4, -0.2) is 16.6 Å². The van der Waals surface area contributed by atoms with Crippen LogP contribution in [0.15, 0.2) is 28.2 Å². The molecular weight excluding hydrogens is 130 g/mol. The first-order valence-corrected chi connectivity index (χ1v) is 2.80. The Morgan fingerprint density at radius 3 is 3.40 bits per heavy atom. The molecule has 0 bridgehead atoms. The van der Waals surface area contributed by atoms with Gasteiger partial charge >= 0.3 is 0 Å². The van der Waals surface area contributed by atoms with E-state index in [4.69, 9.17) is 0 Å². The molecule has 2 aromatic rings. The lowest BCUT2D eigenvalue weighted by atomic mass is 10.5. The Morgan fingerprint density at radius 1 is 1.70 bits per heavy atom. The minimum atomic E-state index is 0.704. The molecule has 4 nitrogen and oxygen atoms in total. The molecule has 0 unspecified atom stereocenters. The Balaban J connectivity index is 2.88. The van der Waals surface area contributed by atoms with Crippen molar-refractivity contribution in [2.24, 2.45) is 5.10 Å². The molecule has 0 spiro atoms. The summed E-state index contributed by atoms with van der Waals surface area (Å²) < 4.78 is 6.24. The fourth-order valence-electron chi connectivity index (χ4n) is 0.862. The van der Waals surface area contributed by atoms with Gasteiger partial charge in [0.25, 0.3) is 0 Å². The molecule has 2 heterocycles. The van der Waals surface area contributed by atoms with Crippen molar-refractivity contribution in [3.8, 4) is 0 Å². The minimum absolute atomic E-state index is 0.704. The van der Waals surface area contributed by atoms with Gasteiger partial charge in [0.2, 0.25) is 5.65 Å². The number of hydrogen-bond acceptors (Lipinski definition) is 3. The van der Waals surface area contributed by atoms with Crippen molar-refractivity contribution in [1.29, 1.82) is 0 Å². The third-order valence-electron chi connectivity index (χ3n) is 1.34. The average Bonchev–Trinajstić information content (AvgIpc) is 2.44. The Labute approximate surface area is 56.7 Å². The molecule has 0 aliphatic heterocycles. The van der Waals surface area contributed by atoms with Crippen molar-refractivity contribution in [3.63, 3.8) is 0 Å². The van der Waals surface area contributed by atoms with Crippen LogP contribution in [0.5, 0.6) is 0 Å². The highest BCUT2D eigenvalue weighted by Gasteiger charge is 2.01. The molecule has 10 heavy (non-hydrogen) atoms. The highest BCUT2D eigenvalue weighted by Crippen LogP contribution is 2.11. The van der Waals surface area contributed by atoms with Crippen LogP contribution in [0.3, 0.4) is 0 Å². The highest BCUT2D eigenvalue weighted by atomic mass is 16.5. The largest absolute Gasteiger partial charge is 0.362 e. The molecule has 0 atom stereocenters. The van der Waals surface area contributed by atoms with E-state index in [0.717, 1.165) is 5.39 Å². The molecule has 0 amide bonds. The number of aromatic nitrogens is 2. The number of rotatable bonds is 1. The van der Waals surface area contributed by atoms with Gasteiger partial charge in [-0.25, -0.2) is 4.68 Å². The molecule has 0 aromatic carbocycles. The Morgan fingerprint density at radius 2 is 2.60 bits per heavy atom. The van der Waals surface area contributed by atoms with Crippen molar-refractivity contribution in [3.05, 3.63) is 18.5 Å². The Bertz CT molecular complexity index is 360. The van der Waals surface area contributed by atoms with Crippen molar-refractivity contribution in [2.75, 3.05) is 0 Å². The molecule has 2 aromatic heterocycles. The summed E-state index contributed by atoms with van der Waals surface area (Å²) in [6, 6.07) is 1.86. The number of nitrogens with zero attached hydrogens (tertiary/aromatic N) is 3. The van der Waals surface area contributed by atoms with E-state index in [2.05, 4.69) is 21.5 Å². The van der Waals surface area contributed by atoms with E-state index in [0.29, 0.717) is 5.65 Å².